The van der Waals surface area contributed by atoms with E-state index in [0.717, 1.165) is 29.3 Å². The number of rotatable bonds is 4. The number of aromatic amines is 1. The number of ether oxygens (including phenoxy) is 1. The molecule has 1 amide bonds. The lowest BCUT2D eigenvalue weighted by Crippen LogP contribution is -2.35. The van der Waals surface area contributed by atoms with E-state index in [1.807, 2.05) is 6.20 Å². The van der Waals surface area contributed by atoms with E-state index in [-0.39, 0.29) is 17.8 Å². The Hall–Kier alpha value is -1.88. The van der Waals surface area contributed by atoms with Gasteiger partial charge in [0.15, 0.2) is 0 Å². The Kier molecular flexibility index (Phi) is 3.69. The molecular weight excluding hydrogens is 259 g/mol. The summed E-state index contributed by atoms with van der Waals surface area (Å²) in [7, 11) is 0. The molecule has 2 heterocycles. The molecule has 0 saturated carbocycles. The van der Waals surface area contributed by atoms with Crippen LogP contribution in [-0.2, 0) is 16.0 Å². The van der Waals surface area contributed by atoms with Gasteiger partial charge < -0.3 is 15.0 Å². The van der Waals surface area contributed by atoms with Gasteiger partial charge in [0.25, 0.3) is 0 Å². The van der Waals surface area contributed by atoms with E-state index >= 15 is 0 Å². The Labute approximate surface area is 116 Å². The summed E-state index contributed by atoms with van der Waals surface area (Å²) < 4.78 is 18.4. The van der Waals surface area contributed by atoms with E-state index in [2.05, 4.69) is 10.3 Å². The van der Waals surface area contributed by atoms with Crippen LogP contribution in [-0.4, -0.2) is 30.1 Å². The third-order valence-corrected chi connectivity index (χ3v) is 3.65. The van der Waals surface area contributed by atoms with E-state index in [1.54, 1.807) is 6.07 Å². The highest BCUT2D eigenvalue weighted by Crippen LogP contribution is 2.19. The van der Waals surface area contributed by atoms with Crippen molar-refractivity contribution in [3.63, 3.8) is 0 Å². The molecule has 1 aliphatic rings. The molecule has 4 nitrogen and oxygen atoms in total. The van der Waals surface area contributed by atoms with Crippen molar-refractivity contribution in [3.8, 4) is 0 Å². The van der Waals surface area contributed by atoms with Crippen LogP contribution in [0.1, 0.15) is 18.4 Å². The number of hydrogen-bond donors (Lipinski definition) is 2. The number of H-pyrrole nitrogens is 1. The molecule has 3 rings (SSSR count). The van der Waals surface area contributed by atoms with Crippen LogP contribution in [0, 0.1) is 5.82 Å². The number of benzene rings is 1. The SMILES string of the molecule is O=C(NCCc1c[nH]c2cc(F)ccc12)C1CCCO1. The van der Waals surface area contributed by atoms with E-state index in [0.29, 0.717) is 19.6 Å². The zero-order chi connectivity index (χ0) is 13.9. The van der Waals surface area contributed by atoms with E-state index in [9.17, 15) is 9.18 Å². The summed E-state index contributed by atoms with van der Waals surface area (Å²) >= 11 is 0. The Morgan fingerprint density at radius 1 is 1.50 bits per heavy atom. The van der Waals surface area contributed by atoms with Gasteiger partial charge in [0.2, 0.25) is 5.91 Å². The molecule has 0 spiro atoms. The second-order valence-corrected chi connectivity index (χ2v) is 5.05. The van der Waals surface area contributed by atoms with Crippen LogP contribution in [0.25, 0.3) is 10.9 Å². The summed E-state index contributed by atoms with van der Waals surface area (Å²) in [6, 6.07) is 4.69. The van der Waals surface area contributed by atoms with Crippen LogP contribution in [0.2, 0.25) is 0 Å². The average Bonchev–Trinajstić information content (AvgIpc) is 3.08. The summed E-state index contributed by atoms with van der Waals surface area (Å²) in [6.07, 6.45) is 4.04. The number of halogens is 1. The molecule has 1 aromatic carbocycles. The number of amides is 1. The summed E-state index contributed by atoms with van der Waals surface area (Å²) in [5.74, 6) is -0.286. The fraction of sp³-hybridized carbons (Fsp3) is 0.400. The van der Waals surface area contributed by atoms with Crippen molar-refractivity contribution in [1.29, 1.82) is 0 Å². The molecule has 1 unspecified atom stereocenters. The molecular formula is C15H17FN2O2. The lowest BCUT2D eigenvalue weighted by molar-refractivity contribution is -0.129. The predicted molar refractivity (Wildman–Crippen MR) is 73.9 cm³/mol. The van der Waals surface area contributed by atoms with Gasteiger partial charge in [0.1, 0.15) is 11.9 Å². The lowest BCUT2D eigenvalue weighted by Gasteiger charge is -2.09. The normalized spacial score (nSPS) is 18.6. The first-order chi connectivity index (χ1) is 9.74. The number of hydrogen-bond acceptors (Lipinski definition) is 2. The maximum atomic E-state index is 13.1. The number of fused-ring (bicyclic) bond motifs is 1. The zero-order valence-electron chi connectivity index (χ0n) is 11.1. The summed E-state index contributed by atoms with van der Waals surface area (Å²) in [5, 5.41) is 3.88. The first kappa shape index (κ1) is 13.1. The third kappa shape index (κ3) is 2.67. The summed E-state index contributed by atoms with van der Waals surface area (Å²) in [4.78, 5) is 14.8. The van der Waals surface area contributed by atoms with E-state index in [1.165, 1.54) is 12.1 Å². The minimum absolute atomic E-state index is 0.0339. The molecule has 1 fully saturated rings. The molecule has 2 aromatic rings. The second-order valence-electron chi connectivity index (χ2n) is 5.05. The number of aromatic nitrogens is 1. The maximum absolute atomic E-state index is 13.1. The minimum atomic E-state index is -0.285. The van der Waals surface area contributed by atoms with Crippen LogP contribution in [0.4, 0.5) is 4.39 Å². The molecule has 106 valence electrons. The van der Waals surface area contributed by atoms with Gasteiger partial charge >= 0.3 is 0 Å². The first-order valence-corrected chi connectivity index (χ1v) is 6.89. The molecule has 0 aliphatic carbocycles. The fourth-order valence-corrected chi connectivity index (χ4v) is 2.58. The molecule has 20 heavy (non-hydrogen) atoms. The lowest BCUT2D eigenvalue weighted by atomic mass is 10.1. The number of nitrogens with one attached hydrogen (secondary N) is 2. The van der Waals surface area contributed by atoms with Gasteiger partial charge in [-0.3, -0.25) is 4.79 Å². The Morgan fingerprint density at radius 3 is 3.20 bits per heavy atom. The number of carbonyl (C=O) groups is 1. The van der Waals surface area contributed by atoms with Crippen molar-refractivity contribution in [1.82, 2.24) is 10.3 Å². The van der Waals surface area contributed by atoms with Crippen LogP contribution in [0.5, 0.6) is 0 Å². The van der Waals surface area contributed by atoms with Crippen LogP contribution in [0.15, 0.2) is 24.4 Å². The van der Waals surface area contributed by atoms with Gasteiger partial charge in [0.05, 0.1) is 0 Å². The topological polar surface area (TPSA) is 54.1 Å². The smallest absolute Gasteiger partial charge is 0.249 e. The molecule has 2 N–H and O–H groups in total. The molecule has 1 saturated heterocycles. The van der Waals surface area contributed by atoms with E-state index in [4.69, 9.17) is 4.74 Å². The van der Waals surface area contributed by atoms with E-state index < -0.39 is 0 Å². The van der Waals surface area contributed by atoms with Crippen molar-refractivity contribution in [3.05, 3.63) is 35.8 Å². The standard InChI is InChI=1S/C15H17FN2O2/c16-11-3-4-12-10(9-18-13(12)8-11)5-6-17-15(19)14-2-1-7-20-14/h3-4,8-9,14,18H,1-2,5-7H2,(H,17,19). The number of carbonyl (C=O) groups excluding carboxylic acids is 1. The van der Waals surface area contributed by atoms with Gasteiger partial charge in [-0.05, 0) is 43.0 Å². The summed E-state index contributed by atoms with van der Waals surface area (Å²) in [6.45, 7) is 1.23. The largest absolute Gasteiger partial charge is 0.368 e. The molecule has 1 aliphatic heterocycles. The Bertz CT molecular complexity index is 617. The Balaban J connectivity index is 1.58. The molecule has 1 aromatic heterocycles. The van der Waals surface area contributed by atoms with Crippen LogP contribution >= 0.6 is 0 Å². The quantitative estimate of drug-likeness (QED) is 0.899. The Morgan fingerprint density at radius 2 is 2.40 bits per heavy atom. The highest BCUT2D eigenvalue weighted by molar-refractivity contribution is 5.83. The van der Waals surface area contributed by atoms with Crippen molar-refractivity contribution >= 4 is 16.8 Å². The van der Waals surface area contributed by atoms with Gasteiger partial charge in [-0.1, -0.05) is 0 Å². The van der Waals surface area contributed by atoms with Gasteiger partial charge in [-0.2, -0.15) is 0 Å². The van der Waals surface area contributed by atoms with Crippen molar-refractivity contribution in [2.24, 2.45) is 0 Å². The van der Waals surface area contributed by atoms with Crippen molar-refractivity contribution < 1.29 is 13.9 Å². The van der Waals surface area contributed by atoms with Crippen LogP contribution in [0.3, 0.4) is 0 Å². The molecule has 5 heteroatoms. The molecule has 0 radical (unpaired) electrons. The molecule has 1 atom stereocenters. The monoisotopic (exact) mass is 276 g/mol. The minimum Gasteiger partial charge on any atom is -0.368 e. The van der Waals surface area contributed by atoms with Crippen molar-refractivity contribution in [2.75, 3.05) is 13.2 Å². The van der Waals surface area contributed by atoms with Gasteiger partial charge in [0, 0.05) is 30.3 Å². The highest BCUT2D eigenvalue weighted by Gasteiger charge is 2.22. The zero-order valence-corrected chi connectivity index (χ0v) is 11.1. The van der Waals surface area contributed by atoms with Crippen molar-refractivity contribution in [2.45, 2.75) is 25.4 Å². The second kappa shape index (κ2) is 5.63. The third-order valence-electron chi connectivity index (χ3n) is 3.65. The maximum Gasteiger partial charge on any atom is 0.249 e. The summed E-state index contributed by atoms with van der Waals surface area (Å²) in [5.41, 5.74) is 1.86. The van der Waals surface area contributed by atoms with Crippen LogP contribution < -0.4 is 5.32 Å². The predicted octanol–water partition coefficient (Wildman–Crippen LogP) is 2.14. The fourth-order valence-electron chi connectivity index (χ4n) is 2.58. The average molecular weight is 276 g/mol. The van der Waals surface area contributed by atoms with Gasteiger partial charge in [-0.25, -0.2) is 4.39 Å². The molecule has 0 bridgehead atoms. The first-order valence-electron chi connectivity index (χ1n) is 6.89. The highest BCUT2D eigenvalue weighted by atomic mass is 19.1. The van der Waals surface area contributed by atoms with Gasteiger partial charge in [-0.15, -0.1) is 0 Å².